The van der Waals surface area contributed by atoms with Crippen LogP contribution in [-0.4, -0.2) is 66.6 Å². The van der Waals surface area contributed by atoms with E-state index < -0.39 is 24.3 Å². The lowest BCUT2D eigenvalue weighted by Crippen LogP contribution is -2.39. The van der Waals surface area contributed by atoms with E-state index in [4.69, 9.17) is 0 Å². The van der Waals surface area contributed by atoms with Gasteiger partial charge in [0, 0.05) is 11.8 Å². The van der Waals surface area contributed by atoms with Gasteiger partial charge in [0.25, 0.3) is 5.56 Å². The standard InChI is InChI=1S/C15H22N4O4/c1-2-3-4-19-9(6-20)13(21)14(22)12(19)8-5-16-11-10(8)17-7-18-15(11)23/h5,7,9,12-14,16,20-22H,2-4,6H2,1H3,(H,17,18,23)/t9-,12+,13-,14+/m1/s1. The molecular weight excluding hydrogens is 300 g/mol. The molecule has 3 heterocycles. The first-order valence-corrected chi connectivity index (χ1v) is 7.87. The maximum Gasteiger partial charge on any atom is 0.275 e. The van der Waals surface area contributed by atoms with Gasteiger partial charge in [-0.1, -0.05) is 13.3 Å². The van der Waals surface area contributed by atoms with Crippen molar-refractivity contribution in [2.75, 3.05) is 13.2 Å². The van der Waals surface area contributed by atoms with E-state index in [-0.39, 0.29) is 12.2 Å². The van der Waals surface area contributed by atoms with E-state index in [1.54, 1.807) is 6.20 Å². The Morgan fingerprint density at radius 2 is 2.09 bits per heavy atom. The molecule has 0 aromatic carbocycles. The van der Waals surface area contributed by atoms with Gasteiger partial charge in [-0.3, -0.25) is 9.69 Å². The number of fused-ring (bicyclic) bond motifs is 1. The minimum absolute atomic E-state index is 0.241. The SMILES string of the molecule is CCCCN1[C@H](CO)[C@@H](O)[C@@H](O)[C@@H]1c1c[nH]c2c(=O)[nH]cnc12. The molecule has 1 aliphatic heterocycles. The molecule has 2 aromatic heterocycles. The average Bonchev–Trinajstić information content (AvgIpc) is 3.06. The van der Waals surface area contributed by atoms with E-state index >= 15 is 0 Å². The van der Waals surface area contributed by atoms with Gasteiger partial charge in [0.2, 0.25) is 0 Å². The van der Waals surface area contributed by atoms with Gasteiger partial charge in [-0.15, -0.1) is 0 Å². The summed E-state index contributed by atoms with van der Waals surface area (Å²) in [6, 6.07) is -1.05. The van der Waals surface area contributed by atoms with Crippen molar-refractivity contribution in [1.29, 1.82) is 0 Å². The third kappa shape index (κ3) is 2.57. The largest absolute Gasteiger partial charge is 0.395 e. The third-order valence-electron chi connectivity index (χ3n) is 4.63. The fraction of sp³-hybridized carbons (Fsp3) is 0.600. The molecule has 8 heteroatoms. The molecule has 2 aromatic rings. The molecule has 0 unspecified atom stereocenters. The normalized spacial score (nSPS) is 28.7. The molecule has 126 valence electrons. The van der Waals surface area contributed by atoms with Gasteiger partial charge in [-0.2, -0.15) is 0 Å². The molecule has 1 saturated heterocycles. The van der Waals surface area contributed by atoms with E-state index in [0.29, 0.717) is 23.1 Å². The molecule has 4 atom stereocenters. The summed E-state index contributed by atoms with van der Waals surface area (Å²) in [5.41, 5.74) is 1.19. The van der Waals surface area contributed by atoms with E-state index in [1.165, 1.54) is 6.33 Å². The second-order valence-electron chi connectivity index (χ2n) is 5.97. The molecule has 0 bridgehead atoms. The van der Waals surface area contributed by atoms with Crippen LogP contribution < -0.4 is 5.56 Å². The predicted octanol–water partition coefficient (Wildman–Crippen LogP) is -0.509. The molecule has 8 nitrogen and oxygen atoms in total. The van der Waals surface area contributed by atoms with E-state index in [2.05, 4.69) is 21.9 Å². The molecule has 1 aliphatic rings. The van der Waals surface area contributed by atoms with E-state index in [0.717, 1.165) is 12.8 Å². The van der Waals surface area contributed by atoms with Crippen molar-refractivity contribution in [2.45, 2.75) is 44.1 Å². The van der Waals surface area contributed by atoms with Crippen LogP contribution in [0.4, 0.5) is 0 Å². The molecule has 0 aliphatic carbocycles. The quantitative estimate of drug-likeness (QED) is 0.505. The van der Waals surface area contributed by atoms with Crippen LogP contribution in [0.3, 0.4) is 0 Å². The number of H-pyrrole nitrogens is 2. The van der Waals surface area contributed by atoms with Crippen molar-refractivity contribution in [2.24, 2.45) is 0 Å². The summed E-state index contributed by atoms with van der Waals surface area (Å²) in [7, 11) is 0. The lowest BCUT2D eigenvalue weighted by molar-refractivity contribution is 0.0179. The second kappa shape index (κ2) is 6.40. The highest BCUT2D eigenvalue weighted by atomic mass is 16.3. The zero-order chi connectivity index (χ0) is 16.6. The van der Waals surface area contributed by atoms with Crippen LogP contribution in [0.25, 0.3) is 11.0 Å². The number of rotatable bonds is 5. The Morgan fingerprint density at radius 3 is 2.78 bits per heavy atom. The Kier molecular flexibility index (Phi) is 4.49. The molecule has 3 rings (SSSR count). The van der Waals surface area contributed by atoms with Crippen LogP contribution in [0.5, 0.6) is 0 Å². The van der Waals surface area contributed by atoms with Crippen molar-refractivity contribution >= 4 is 11.0 Å². The van der Waals surface area contributed by atoms with Gasteiger partial charge >= 0.3 is 0 Å². The Hall–Kier alpha value is -1.74. The Morgan fingerprint density at radius 1 is 1.30 bits per heavy atom. The van der Waals surface area contributed by atoms with Crippen molar-refractivity contribution in [1.82, 2.24) is 19.9 Å². The summed E-state index contributed by atoms with van der Waals surface area (Å²) in [5, 5.41) is 30.4. The van der Waals surface area contributed by atoms with Gasteiger partial charge in [0.15, 0.2) is 0 Å². The fourth-order valence-electron chi connectivity index (χ4n) is 3.43. The number of likely N-dealkylation sites (tertiary alicyclic amines) is 1. The number of unbranched alkanes of at least 4 members (excludes halogenated alkanes) is 1. The maximum atomic E-state index is 11.8. The lowest BCUT2D eigenvalue weighted by Gasteiger charge is -2.29. The summed E-state index contributed by atoms with van der Waals surface area (Å²) in [5.74, 6) is 0. The van der Waals surface area contributed by atoms with Crippen LogP contribution in [-0.2, 0) is 0 Å². The molecule has 0 spiro atoms. The van der Waals surface area contributed by atoms with Crippen molar-refractivity contribution in [3.8, 4) is 0 Å². The molecule has 0 saturated carbocycles. The highest BCUT2D eigenvalue weighted by molar-refractivity contribution is 5.78. The zero-order valence-corrected chi connectivity index (χ0v) is 12.9. The lowest BCUT2D eigenvalue weighted by atomic mass is 10.0. The molecule has 23 heavy (non-hydrogen) atoms. The number of nitrogens with one attached hydrogen (secondary N) is 2. The highest BCUT2D eigenvalue weighted by Gasteiger charge is 2.48. The second-order valence-corrected chi connectivity index (χ2v) is 5.97. The summed E-state index contributed by atoms with van der Waals surface area (Å²) in [4.78, 5) is 23.3. The zero-order valence-electron chi connectivity index (χ0n) is 12.9. The van der Waals surface area contributed by atoms with Gasteiger partial charge < -0.3 is 25.3 Å². The van der Waals surface area contributed by atoms with E-state index in [9.17, 15) is 20.1 Å². The predicted molar refractivity (Wildman–Crippen MR) is 84.0 cm³/mol. The minimum Gasteiger partial charge on any atom is -0.395 e. The van der Waals surface area contributed by atoms with Crippen LogP contribution >= 0.6 is 0 Å². The first kappa shape index (κ1) is 16.1. The number of aromatic nitrogens is 3. The molecule has 0 radical (unpaired) electrons. The summed E-state index contributed by atoms with van der Waals surface area (Å²) in [6.07, 6.45) is 2.70. The van der Waals surface area contributed by atoms with Crippen LogP contribution in [0.15, 0.2) is 17.3 Å². The van der Waals surface area contributed by atoms with Crippen molar-refractivity contribution in [3.05, 3.63) is 28.4 Å². The number of aliphatic hydroxyl groups is 3. The molecule has 0 amide bonds. The number of hydrogen-bond acceptors (Lipinski definition) is 6. The first-order chi connectivity index (χ1) is 11.1. The molecule has 5 N–H and O–H groups in total. The smallest absolute Gasteiger partial charge is 0.275 e. The maximum absolute atomic E-state index is 11.8. The van der Waals surface area contributed by atoms with Crippen LogP contribution in [0.1, 0.15) is 31.4 Å². The topological polar surface area (TPSA) is 125 Å². The van der Waals surface area contributed by atoms with Gasteiger partial charge in [-0.25, -0.2) is 4.98 Å². The van der Waals surface area contributed by atoms with Gasteiger partial charge in [0.1, 0.15) is 17.1 Å². The van der Waals surface area contributed by atoms with Gasteiger partial charge in [-0.05, 0) is 13.0 Å². The number of nitrogens with zero attached hydrogens (tertiary/aromatic N) is 2. The number of aromatic amines is 2. The van der Waals surface area contributed by atoms with Gasteiger partial charge in [0.05, 0.1) is 31.1 Å². The Labute approximate surface area is 132 Å². The van der Waals surface area contributed by atoms with Crippen LogP contribution in [0.2, 0.25) is 0 Å². The molecule has 1 fully saturated rings. The average molecular weight is 322 g/mol. The minimum atomic E-state index is -1.05. The van der Waals surface area contributed by atoms with E-state index in [1.807, 2.05) is 4.90 Å². The highest BCUT2D eigenvalue weighted by Crippen LogP contribution is 2.38. The number of aliphatic hydroxyl groups excluding tert-OH is 3. The Balaban J connectivity index is 2.06. The van der Waals surface area contributed by atoms with Crippen LogP contribution in [0, 0.1) is 0 Å². The fourth-order valence-corrected chi connectivity index (χ4v) is 3.43. The third-order valence-corrected chi connectivity index (χ3v) is 4.63. The van der Waals surface area contributed by atoms with Crippen molar-refractivity contribution < 1.29 is 15.3 Å². The molecular formula is C15H22N4O4. The summed E-state index contributed by atoms with van der Waals surface area (Å²) < 4.78 is 0. The monoisotopic (exact) mass is 322 g/mol. The Bertz CT molecular complexity index is 728. The first-order valence-electron chi connectivity index (χ1n) is 7.87. The number of hydrogen-bond donors (Lipinski definition) is 5. The summed E-state index contributed by atoms with van der Waals surface area (Å²) >= 11 is 0. The summed E-state index contributed by atoms with van der Waals surface area (Å²) in [6.45, 7) is 2.45. The van der Waals surface area contributed by atoms with Crippen molar-refractivity contribution in [3.63, 3.8) is 0 Å².